The molecule has 0 saturated carbocycles. The Morgan fingerprint density at radius 2 is 2.26 bits per heavy atom. The second-order valence-corrected chi connectivity index (χ2v) is 4.82. The van der Waals surface area contributed by atoms with Crippen LogP contribution >= 0.6 is 12.4 Å². The molecule has 0 spiro atoms. The highest BCUT2D eigenvalue weighted by Crippen LogP contribution is 2.27. The summed E-state index contributed by atoms with van der Waals surface area (Å²) < 4.78 is 5.02. The SMILES string of the molecule is CCOC(=O)CC(C)c1cccc2c1CNCC2.Cl. The van der Waals surface area contributed by atoms with Crippen LogP contribution < -0.4 is 5.32 Å². The molecule has 4 heteroatoms. The first-order chi connectivity index (χ1) is 8.72. The van der Waals surface area contributed by atoms with Gasteiger partial charge in [0.25, 0.3) is 0 Å². The van der Waals surface area contributed by atoms with Gasteiger partial charge in [0.15, 0.2) is 0 Å². The lowest BCUT2D eigenvalue weighted by molar-refractivity contribution is -0.143. The van der Waals surface area contributed by atoms with Crippen molar-refractivity contribution in [2.24, 2.45) is 0 Å². The quantitative estimate of drug-likeness (QED) is 0.864. The Balaban J connectivity index is 0.00000180. The number of ether oxygens (including phenoxy) is 1. The minimum Gasteiger partial charge on any atom is -0.466 e. The summed E-state index contributed by atoms with van der Waals surface area (Å²) in [7, 11) is 0. The Hall–Kier alpha value is -1.06. The molecule has 1 N–H and O–H groups in total. The molecule has 1 aromatic carbocycles. The average Bonchev–Trinajstić information content (AvgIpc) is 2.38. The molecule has 106 valence electrons. The third kappa shape index (κ3) is 3.95. The maximum absolute atomic E-state index is 11.6. The van der Waals surface area contributed by atoms with Crippen LogP contribution in [0.5, 0.6) is 0 Å². The van der Waals surface area contributed by atoms with Gasteiger partial charge in [0.2, 0.25) is 0 Å². The number of fused-ring (bicyclic) bond motifs is 1. The van der Waals surface area contributed by atoms with Crippen LogP contribution in [-0.2, 0) is 22.5 Å². The molecule has 1 aliphatic heterocycles. The predicted molar refractivity (Wildman–Crippen MR) is 78.8 cm³/mol. The topological polar surface area (TPSA) is 38.3 Å². The molecule has 3 nitrogen and oxygen atoms in total. The molecule has 19 heavy (non-hydrogen) atoms. The number of hydrogen-bond donors (Lipinski definition) is 1. The summed E-state index contributed by atoms with van der Waals surface area (Å²) in [6.07, 6.45) is 1.54. The molecular formula is C15H22ClNO2. The Morgan fingerprint density at radius 1 is 1.47 bits per heavy atom. The number of nitrogens with one attached hydrogen (secondary N) is 1. The first kappa shape index (κ1) is 16.0. The Morgan fingerprint density at radius 3 is 3.00 bits per heavy atom. The number of esters is 1. The van der Waals surface area contributed by atoms with E-state index in [1.807, 2.05) is 6.92 Å². The van der Waals surface area contributed by atoms with E-state index in [2.05, 4.69) is 30.4 Å². The van der Waals surface area contributed by atoms with E-state index in [1.54, 1.807) is 0 Å². The van der Waals surface area contributed by atoms with Crippen molar-refractivity contribution in [3.63, 3.8) is 0 Å². The van der Waals surface area contributed by atoms with Crippen molar-refractivity contribution in [2.75, 3.05) is 13.2 Å². The summed E-state index contributed by atoms with van der Waals surface area (Å²) in [6.45, 7) is 6.36. The minimum absolute atomic E-state index is 0. The van der Waals surface area contributed by atoms with Gasteiger partial charge in [-0.05, 0) is 42.5 Å². The molecule has 0 fully saturated rings. The highest BCUT2D eigenvalue weighted by atomic mass is 35.5. The fraction of sp³-hybridized carbons (Fsp3) is 0.533. The summed E-state index contributed by atoms with van der Waals surface area (Å²) in [5, 5.41) is 3.40. The van der Waals surface area contributed by atoms with E-state index in [4.69, 9.17) is 4.74 Å². The van der Waals surface area contributed by atoms with E-state index in [0.29, 0.717) is 13.0 Å². The molecule has 1 aromatic rings. The van der Waals surface area contributed by atoms with Crippen molar-refractivity contribution in [3.8, 4) is 0 Å². The van der Waals surface area contributed by atoms with Crippen LogP contribution in [0.25, 0.3) is 0 Å². The van der Waals surface area contributed by atoms with Gasteiger partial charge in [-0.1, -0.05) is 25.1 Å². The molecular weight excluding hydrogens is 262 g/mol. The van der Waals surface area contributed by atoms with E-state index in [0.717, 1.165) is 19.5 Å². The predicted octanol–water partition coefficient (Wildman–Crippen LogP) is 2.81. The van der Waals surface area contributed by atoms with Crippen molar-refractivity contribution < 1.29 is 9.53 Å². The molecule has 1 heterocycles. The van der Waals surface area contributed by atoms with Gasteiger partial charge in [-0.3, -0.25) is 4.79 Å². The summed E-state index contributed by atoms with van der Waals surface area (Å²) in [5.41, 5.74) is 4.08. The van der Waals surface area contributed by atoms with Crippen molar-refractivity contribution in [3.05, 3.63) is 34.9 Å². The molecule has 0 aliphatic carbocycles. The second-order valence-electron chi connectivity index (χ2n) is 4.82. The smallest absolute Gasteiger partial charge is 0.306 e. The zero-order chi connectivity index (χ0) is 13.0. The van der Waals surface area contributed by atoms with Gasteiger partial charge in [-0.2, -0.15) is 0 Å². The third-order valence-corrected chi connectivity index (χ3v) is 3.49. The van der Waals surface area contributed by atoms with E-state index in [9.17, 15) is 4.79 Å². The number of carbonyl (C=O) groups is 1. The van der Waals surface area contributed by atoms with Crippen LogP contribution in [0.1, 0.15) is 42.9 Å². The van der Waals surface area contributed by atoms with E-state index < -0.39 is 0 Å². The maximum atomic E-state index is 11.6. The molecule has 0 saturated heterocycles. The summed E-state index contributed by atoms with van der Waals surface area (Å²) >= 11 is 0. The summed E-state index contributed by atoms with van der Waals surface area (Å²) in [5.74, 6) is 0.116. The van der Waals surface area contributed by atoms with Crippen molar-refractivity contribution in [1.82, 2.24) is 5.32 Å². The second kappa shape index (κ2) is 7.51. The van der Waals surface area contributed by atoms with E-state index >= 15 is 0 Å². The van der Waals surface area contributed by atoms with Crippen LogP contribution in [0.4, 0.5) is 0 Å². The summed E-state index contributed by atoms with van der Waals surface area (Å²) in [6, 6.07) is 6.42. The van der Waals surface area contributed by atoms with Crippen molar-refractivity contribution in [1.29, 1.82) is 0 Å². The van der Waals surface area contributed by atoms with Crippen molar-refractivity contribution in [2.45, 2.75) is 39.2 Å². The number of rotatable bonds is 4. The molecule has 1 aliphatic rings. The first-order valence-corrected chi connectivity index (χ1v) is 6.69. The Kier molecular flexibility index (Phi) is 6.32. The van der Waals surface area contributed by atoms with Gasteiger partial charge >= 0.3 is 5.97 Å². The number of hydrogen-bond acceptors (Lipinski definition) is 3. The summed E-state index contributed by atoms with van der Waals surface area (Å²) in [4.78, 5) is 11.6. The Bertz CT molecular complexity index is 434. The van der Waals surface area contributed by atoms with Gasteiger partial charge in [0, 0.05) is 6.54 Å². The average molecular weight is 284 g/mol. The first-order valence-electron chi connectivity index (χ1n) is 6.69. The lowest BCUT2D eigenvalue weighted by atomic mass is 9.88. The van der Waals surface area contributed by atoms with Crippen LogP contribution in [0.2, 0.25) is 0 Å². The highest BCUT2D eigenvalue weighted by Gasteiger charge is 2.18. The molecule has 0 radical (unpaired) electrons. The van der Waals surface area contributed by atoms with Crippen LogP contribution in [-0.4, -0.2) is 19.1 Å². The fourth-order valence-corrected chi connectivity index (χ4v) is 2.58. The lowest BCUT2D eigenvalue weighted by Gasteiger charge is -2.23. The van der Waals surface area contributed by atoms with E-state index in [-0.39, 0.29) is 24.3 Å². The maximum Gasteiger partial charge on any atom is 0.306 e. The standard InChI is InChI=1S/C15H21NO2.ClH/c1-3-18-15(17)9-11(2)13-6-4-5-12-7-8-16-10-14(12)13;/h4-6,11,16H,3,7-10H2,1-2H3;1H. The highest BCUT2D eigenvalue weighted by molar-refractivity contribution is 5.85. The largest absolute Gasteiger partial charge is 0.466 e. The molecule has 0 aromatic heterocycles. The van der Waals surface area contributed by atoms with Crippen LogP contribution in [0, 0.1) is 0 Å². The van der Waals surface area contributed by atoms with Gasteiger partial charge in [-0.25, -0.2) is 0 Å². The molecule has 1 unspecified atom stereocenters. The number of benzene rings is 1. The van der Waals surface area contributed by atoms with Gasteiger partial charge < -0.3 is 10.1 Å². The molecule has 0 bridgehead atoms. The van der Waals surface area contributed by atoms with Crippen LogP contribution in [0.3, 0.4) is 0 Å². The zero-order valence-corrected chi connectivity index (χ0v) is 12.4. The molecule has 1 atom stereocenters. The van der Waals surface area contributed by atoms with E-state index in [1.165, 1.54) is 16.7 Å². The number of halogens is 1. The van der Waals surface area contributed by atoms with Gasteiger partial charge in [-0.15, -0.1) is 12.4 Å². The van der Waals surface area contributed by atoms with Crippen molar-refractivity contribution >= 4 is 18.4 Å². The third-order valence-electron chi connectivity index (χ3n) is 3.49. The normalized spacial score (nSPS) is 15.1. The lowest BCUT2D eigenvalue weighted by Crippen LogP contribution is -2.25. The van der Waals surface area contributed by atoms with Gasteiger partial charge in [0.1, 0.15) is 0 Å². The Labute approximate surface area is 121 Å². The van der Waals surface area contributed by atoms with Crippen LogP contribution in [0.15, 0.2) is 18.2 Å². The minimum atomic E-state index is -0.105. The zero-order valence-electron chi connectivity index (χ0n) is 11.6. The molecule has 0 amide bonds. The van der Waals surface area contributed by atoms with Gasteiger partial charge in [0.05, 0.1) is 13.0 Å². The fourth-order valence-electron chi connectivity index (χ4n) is 2.58. The monoisotopic (exact) mass is 283 g/mol. The number of carbonyl (C=O) groups excluding carboxylic acids is 1. The molecule has 2 rings (SSSR count).